The minimum absolute atomic E-state index is 0.00656. The molecule has 3 aromatic rings. The first-order chi connectivity index (χ1) is 23.4. The van der Waals surface area contributed by atoms with Gasteiger partial charge in [0.2, 0.25) is 8.40 Å². The SMILES string of the molecule is CC(C)c1cccc(C(C)C)c1N=C1C(=P2(C3=[Si](O)C(c4ccccc4)c4ccccc43)N(C(C)(C)C)[Si](C)(C)N2C(C)(C)C)C2CCC1C2. The molecule has 2 aliphatic carbocycles. The first-order valence-corrected chi connectivity index (χ1v) is 25.2. The number of fused-ring (bicyclic) bond motifs is 3. The Balaban J connectivity index is 1.68. The van der Waals surface area contributed by atoms with E-state index in [4.69, 9.17) is 4.99 Å². The van der Waals surface area contributed by atoms with E-state index in [1.165, 1.54) is 63.4 Å². The van der Waals surface area contributed by atoms with Crippen molar-refractivity contribution < 1.29 is 4.80 Å². The summed E-state index contributed by atoms with van der Waals surface area (Å²) in [6, 6.07) is 26.8. The summed E-state index contributed by atoms with van der Waals surface area (Å²) in [5, 5.41) is 1.62. The number of nitrogens with zero attached hydrogens (tertiary/aromatic N) is 3. The van der Waals surface area contributed by atoms with Gasteiger partial charge < -0.3 is 4.80 Å². The monoisotopic (exact) mass is 721 g/mol. The summed E-state index contributed by atoms with van der Waals surface area (Å²) in [6.45, 7) is 29.1. The summed E-state index contributed by atoms with van der Waals surface area (Å²) < 4.78 is 6.11. The summed E-state index contributed by atoms with van der Waals surface area (Å²) in [6.07, 6.45) is 3.64. The lowest BCUT2D eigenvalue weighted by molar-refractivity contribution is 0.242. The topological polar surface area (TPSA) is 39.1 Å². The van der Waals surface area contributed by atoms with Crippen LogP contribution in [0.15, 0.2) is 77.8 Å². The van der Waals surface area contributed by atoms with E-state index in [0.29, 0.717) is 23.7 Å². The fourth-order valence-electron chi connectivity index (χ4n) is 10.8. The van der Waals surface area contributed by atoms with Crippen LogP contribution in [0.25, 0.3) is 0 Å². The van der Waals surface area contributed by atoms with Crippen molar-refractivity contribution in [1.29, 1.82) is 0 Å². The second-order valence-corrected chi connectivity index (χ2v) is 28.2. The molecule has 4 nitrogen and oxygen atoms in total. The molecule has 0 aromatic heterocycles. The molecule has 0 amide bonds. The van der Waals surface area contributed by atoms with Crippen molar-refractivity contribution in [3.05, 3.63) is 101 Å². The Kier molecular flexibility index (Phi) is 8.92. The van der Waals surface area contributed by atoms with E-state index in [9.17, 15) is 4.80 Å². The Hall–Kier alpha value is -2.35. The van der Waals surface area contributed by atoms with E-state index >= 15 is 0 Å². The second-order valence-electron chi connectivity index (χ2n) is 18.4. The number of hydrogen-bond acceptors (Lipinski definition) is 4. The van der Waals surface area contributed by atoms with Gasteiger partial charge in [-0.1, -0.05) is 100 Å². The Morgan fingerprint density at radius 3 is 1.86 bits per heavy atom. The number of rotatable bonds is 5. The molecule has 266 valence electrons. The molecule has 3 aromatic carbocycles. The lowest BCUT2D eigenvalue weighted by atomic mass is 9.92. The maximum Gasteiger partial charge on any atom is 0.253 e. The fraction of sp³-hybridized carbons (Fsp3) is 0.512. The molecular formula is C43H60N3OPSi2. The van der Waals surface area contributed by atoms with Gasteiger partial charge in [0.1, 0.15) is 0 Å². The van der Waals surface area contributed by atoms with Crippen LogP contribution < -0.4 is 0 Å². The van der Waals surface area contributed by atoms with E-state index < -0.39 is 24.2 Å². The van der Waals surface area contributed by atoms with E-state index in [1.807, 2.05) is 0 Å². The zero-order valence-corrected chi connectivity index (χ0v) is 35.6. The van der Waals surface area contributed by atoms with Crippen LogP contribution in [-0.4, -0.2) is 57.5 Å². The summed E-state index contributed by atoms with van der Waals surface area (Å²) in [4.78, 5) is 20.7. The number of para-hydroxylation sites is 1. The van der Waals surface area contributed by atoms with Crippen LogP contribution in [0.2, 0.25) is 13.1 Å². The Morgan fingerprint density at radius 1 is 0.760 bits per heavy atom. The van der Waals surface area contributed by atoms with Gasteiger partial charge in [-0.2, -0.15) is 0 Å². The Morgan fingerprint density at radius 2 is 1.30 bits per heavy atom. The summed E-state index contributed by atoms with van der Waals surface area (Å²) in [5.74, 6) is 1.74. The molecule has 1 N–H and O–H groups in total. The molecule has 2 saturated carbocycles. The van der Waals surface area contributed by atoms with Gasteiger partial charge in [0.15, 0.2) is 0 Å². The van der Waals surface area contributed by atoms with Crippen LogP contribution in [-0.2, 0) is 0 Å². The summed E-state index contributed by atoms with van der Waals surface area (Å²) in [5.41, 5.74) is 9.02. The van der Waals surface area contributed by atoms with Gasteiger partial charge in [0.25, 0.3) is 8.65 Å². The highest BCUT2D eigenvalue weighted by Crippen LogP contribution is 2.78. The molecule has 2 heterocycles. The highest BCUT2D eigenvalue weighted by atomic mass is 31.2. The number of hydrogen-bond donors (Lipinski definition) is 1. The minimum atomic E-state index is -2.48. The molecule has 4 aliphatic rings. The normalized spacial score (nSPS) is 25.7. The van der Waals surface area contributed by atoms with E-state index in [0.717, 1.165) is 0 Å². The maximum atomic E-state index is 13.3. The van der Waals surface area contributed by atoms with Crippen molar-refractivity contribution in [2.75, 3.05) is 0 Å². The van der Waals surface area contributed by atoms with E-state index in [-0.39, 0.29) is 16.6 Å². The molecule has 7 rings (SSSR count). The van der Waals surface area contributed by atoms with Crippen LogP contribution in [0.5, 0.6) is 0 Å². The lowest BCUT2D eigenvalue weighted by Crippen LogP contribution is -2.80. The van der Waals surface area contributed by atoms with Gasteiger partial charge in [-0.05, 0) is 119 Å². The van der Waals surface area contributed by atoms with Crippen molar-refractivity contribution in [3.8, 4) is 0 Å². The van der Waals surface area contributed by atoms with Crippen LogP contribution in [0.1, 0.15) is 134 Å². The smallest absolute Gasteiger partial charge is 0.253 e. The first kappa shape index (κ1) is 36.0. The molecule has 0 spiro atoms. The van der Waals surface area contributed by atoms with Gasteiger partial charge in [-0.3, -0.25) is 13.7 Å². The van der Waals surface area contributed by atoms with Crippen LogP contribution in [0.4, 0.5) is 5.69 Å². The van der Waals surface area contributed by atoms with Crippen molar-refractivity contribution in [1.82, 2.24) is 8.67 Å². The molecule has 3 fully saturated rings. The van der Waals surface area contributed by atoms with Crippen LogP contribution in [0, 0.1) is 11.8 Å². The zero-order valence-electron chi connectivity index (χ0n) is 32.7. The Labute approximate surface area is 305 Å². The minimum Gasteiger partial charge on any atom is -0.565 e. The molecule has 50 heavy (non-hydrogen) atoms. The molecular weight excluding hydrogens is 662 g/mol. The predicted molar refractivity (Wildman–Crippen MR) is 222 cm³/mol. The standard InChI is InChI=1S/C43H60N3OPSi2/c1-28(2)33-23-18-24-34(29(3)4)38(33)44-37-31-25-26-32(27-31)39(37)48(45(42(5,6)7)50(11,12)46(48)43(8,9)10)41-36-22-17-16-21-35(36)40(49(41)47)30-19-14-13-15-20-30/h13-24,28-29,31-32,40,47H,25-27H2,1-12H3. The third-order valence-corrected chi connectivity index (χ3v) is 27.9. The number of benzene rings is 3. The summed E-state index contributed by atoms with van der Waals surface area (Å²) >= 11 is 0. The van der Waals surface area contributed by atoms with E-state index in [1.54, 1.807) is 5.29 Å². The van der Waals surface area contributed by atoms with Crippen molar-refractivity contribution >= 4 is 45.8 Å². The zero-order chi connectivity index (χ0) is 36.1. The van der Waals surface area contributed by atoms with Crippen LogP contribution >= 0.6 is 7.19 Å². The molecule has 2 aliphatic heterocycles. The summed E-state index contributed by atoms with van der Waals surface area (Å²) in [7, 11) is -6.72. The molecule has 3 atom stereocenters. The molecule has 1 saturated heterocycles. The van der Waals surface area contributed by atoms with Gasteiger partial charge in [-0.15, -0.1) is 0 Å². The average Bonchev–Trinajstić information content (AvgIpc) is 3.70. The molecule has 7 heteroatoms. The average molecular weight is 722 g/mol. The highest BCUT2D eigenvalue weighted by Gasteiger charge is 2.70. The van der Waals surface area contributed by atoms with Gasteiger partial charge >= 0.3 is 0 Å². The predicted octanol–water partition coefficient (Wildman–Crippen LogP) is 10.8. The Bertz CT molecular complexity index is 1890. The third-order valence-electron chi connectivity index (χ3n) is 11.8. The molecule has 3 unspecified atom stereocenters. The first-order valence-electron chi connectivity index (χ1n) is 19.1. The second kappa shape index (κ2) is 12.4. The largest absolute Gasteiger partial charge is 0.565 e. The van der Waals surface area contributed by atoms with Gasteiger partial charge in [-0.25, -0.2) is 0 Å². The van der Waals surface area contributed by atoms with Crippen molar-refractivity contribution in [2.45, 2.75) is 130 Å². The van der Waals surface area contributed by atoms with Gasteiger partial charge in [0, 0.05) is 34.4 Å². The molecule has 0 radical (unpaired) electrons. The maximum absolute atomic E-state index is 13.3. The fourth-order valence-corrected chi connectivity index (χ4v) is 31.6. The molecule has 2 bridgehead atoms. The highest BCUT2D eigenvalue weighted by molar-refractivity contribution is 7.96. The third kappa shape index (κ3) is 5.25. The van der Waals surface area contributed by atoms with Gasteiger partial charge in [0.05, 0.1) is 16.9 Å². The van der Waals surface area contributed by atoms with E-state index in [2.05, 4.69) is 164 Å². The van der Waals surface area contributed by atoms with Crippen molar-refractivity contribution in [2.24, 2.45) is 16.8 Å². The quantitative estimate of drug-likeness (QED) is 0.211. The van der Waals surface area contributed by atoms with Crippen molar-refractivity contribution in [3.63, 3.8) is 0 Å². The number of aliphatic imine (C=N–C) groups is 1. The lowest BCUT2D eigenvalue weighted by Gasteiger charge is -2.75. The van der Waals surface area contributed by atoms with Crippen LogP contribution in [0.3, 0.4) is 0 Å².